The van der Waals surface area contributed by atoms with Gasteiger partial charge in [0.25, 0.3) is 0 Å². The molecule has 0 unspecified atom stereocenters. The third-order valence-electron chi connectivity index (χ3n) is 11.5. The van der Waals surface area contributed by atoms with Crippen LogP contribution in [0.1, 0.15) is 278 Å². The highest BCUT2D eigenvalue weighted by Gasteiger charge is 2.19. The third kappa shape index (κ3) is 46.8. The van der Waals surface area contributed by atoms with E-state index < -0.39 is 6.10 Å². The van der Waals surface area contributed by atoms with Gasteiger partial charge in [-0.25, -0.2) is 0 Å². The number of allylic oxidation sites excluding steroid dienone is 4. The van der Waals surface area contributed by atoms with Crippen molar-refractivity contribution in [1.82, 2.24) is 0 Å². The third-order valence-corrected chi connectivity index (χ3v) is 11.5. The molecule has 0 radical (unpaired) electrons. The van der Waals surface area contributed by atoms with Crippen LogP contribution in [0.15, 0.2) is 24.3 Å². The molecule has 346 valence electrons. The number of hydrogen-bond acceptors (Lipinski definition) is 6. The fraction of sp³-hybridized carbons (Fsp3) is 0.868. The molecule has 0 spiro atoms. The van der Waals surface area contributed by atoms with Crippen molar-refractivity contribution in [3.8, 4) is 0 Å². The van der Waals surface area contributed by atoms with E-state index in [4.69, 9.17) is 14.2 Å². The minimum absolute atomic E-state index is 0.0722. The molecule has 0 rings (SSSR count). The molecule has 0 aliphatic rings. The molecule has 0 aromatic rings. The molecule has 0 aromatic carbocycles. The first kappa shape index (κ1) is 56.9. The summed E-state index contributed by atoms with van der Waals surface area (Å²) in [6, 6.07) is 0. The van der Waals surface area contributed by atoms with Gasteiger partial charge in [0.15, 0.2) is 6.10 Å². The average molecular weight is 831 g/mol. The average Bonchev–Trinajstić information content (AvgIpc) is 3.23. The largest absolute Gasteiger partial charge is 0.462 e. The van der Waals surface area contributed by atoms with Gasteiger partial charge < -0.3 is 14.2 Å². The van der Waals surface area contributed by atoms with Gasteiger partial charge in [-0.3, -0.25) is 14.4 Å². The standard InChI is InChI=1S/C53H98O6/c1-4-7-10-13-16-19-22-25-27-29-31-34-37-40-43-46-52(55)58-49-50(48-57-51(54)45-42-39-36-33-30-24-21-18-15-12-9-6-3)59-53(56)47-44-41-38-35-32-28-26-23-20-17-14-11-8-5-2/h14,17,23,26,50H,4-13,15-16,18-22,24-25,27-49H2,1-3H3/b17-14-,26-23-/t50-/m1/s1. The molecular formula is C53H98O6. The predicted octanol–water partition coefficient (Wildman–Crippen LogP) is 16.8. The second kappa shape index (κ2) is 48.6. The number of esters is 3. The highest BCUT2D eigenvalue weighted by molar-refractivity contribution is 5.71. The zero-order valence-corrected chi connectivity index (χ0v) is 39.5. The Morgan fingerprint density at radius 2 is 0.627 bits per heavy atom. The second-order valence-corrected chi connectivity index (χ2v) is 17.4. The van der Waals surface area contributed by atoms with E-state index in [9.17, 15) is 14.4 Å². The van der Waals surface area contributed by atoms with E-state index in [1.807, 2.05) is 0 Å². The van der Waals surface area contributed by atoms with Gasteiger partial charge >= 0.3 is 17.9 Å². The molecule has 1 atom stereocenters. The quantitative estimate of drug-likeness (QED) is 0.0263. The van der Waals surface area contributed by atoms with Crippen molar-refractivity contribution in [2.24, 2.45) is 0 Å². The maximum atomic E-state index is 12.8. The molecule has 6 nitrogen and oxygen atoms in total. The summed E-state index contributed by atoms with van der Waals surface area (Å²) < 4.78 is 16.8. The molecule has 0 aliphatic carbocycles. The van der Waals surface area contributed by atoms with Crippen molar-refractivity contribution in [3.05, 3.63) is 24.3 Å². The van der Waals surface area contributed by atoms with Crippen molar-refractivity contribution >= 4 is 17.9 Å². The minimum atomic E-state index is -0.772. The van der Waals surface area contributed by atoms with Crippen molar-refractivity contribution in [1.29, 1.82) is 0 Å². The summed E-state index contributed by atoms with van der Waals surface area (Å²) in [5.41, 5.74) is 0. The Labute approximate surface area is 366 Å². The lowest BCUT2D eigenvalue weighted by Crippen LogP contribution is -2.30. The smallest absolute Gasteiger partial charge is 0.306 e. The van der Waals surface area contributed by atoms with Gasteiger partial charge in [0.2, 0.25) is 0 Å². The summed E-state index contributed by atoms with van der Waals surface area (Å²) in [5.74, 6) is -0.872. The summed E-state index contributed by atoms with van der Waals surface area (Å²) in [7, 11) is 0. The minimum Gasteiger partial charge on any atom is -0.462 e. The van der Waals surface area contributed by atoms with Crippen LogP contribution in [0.5, 0.6) is 0 Å². The Kier molecular flexibility index (Phi) is 46.8. The molecule has 0 aliphatic heterocycles. The van der Waals surface area contributed by atoms with Crippen LogP contribution >= 0.6 is 0 Å². The van der Waals surface area contributed by atoms with E-state index in [0.29, 0.717) is 19.3 Å². The fourth-order valence-corrected chi connectivity index (χ4v) is 7.52. The first-order valence-corrected chi connectivity index (χ1v) is 25.8. The molecule has 0 fully saturated rings. The van der Waals surface area contributed by atoms with Gasteiger partial charge in [0, 0.05) is 19.3 Å². The lowest BCUT2D eigenvalue weighted by molar-refractivity contribution is -0.167. The Morgan fingerprint density at radius 1 is 0.339 bits per heavy atom. The maximum absolute atomic E-state index is 12.8. The van der Waals surface area contributed by atoms with Gasteiger partial charge in [-0.15, -0.1) is 0 Å². The Bertz CT molecular complexity index is 958. The monoisotopic (exact) mass is 831 g/mol. The Balaban J connectivity index is 4.35. The van der Waals surface area contributed by atoms with E-state index in [2.05, 4.69) is 45.1 Å². The van der Waals surface area contributed by atoms with Crippen LogP contribution < -0.4 is 0 Å². The summed E-state index contributed by atoms with van der Waals surface area (Å²) in [4.78, 5) is 37.9. The molecule has 59 heavy (non-hydrogen) atoms. The molecule has 0 saturated carbocycles. The van der Waals surface area contributed by atoms with Crippen LogP contribution in [-0.2, 0) is 28.6 Å². The molecule has 0 heterocycles. The lowest BCUT2D eigenvalue weighted by atomic mass is 10.0. The molecule has 0 saturated heterocycles. The Hall–Kier alpha value is -2.11. The Morgan fingerprint density at radius 3 is 0.983 bits per heavy atom. The predicted molar refractivity (Wildman–Crippen MR) is 252 cm³/mol. The van der Waals surface area contributed by atoms with Crippen LogP contribution in [0.3, 0.4) is 0 Å². The van der Waals surface area contributed by atoms with Crippen LogP contribution in [0.2, 0.25) is 0 Å². The SMILES string of the molecule is CCCC/C=C\C/C=C\CCCCCCCC(=O)O[C@H](COC(=O)CCCCCCCCCCCCCC)COC(=O)CCCCCCCCCCCCCCCCC. The zero-order chi connectivity index (χ0) is 43.0. The molecule has 0 bridgehead atoms. The molecule has 0 N–H and O–H groups in total. The van der Waals surface area contributed by atoms with Gasteiger partial charge in [-0.2, -0.15) is 0 Å². The van der Waals surface area contributed by atoms with Crippen molar-refractivity contribution < 1.29 is 28.6 Å². The zero-order valence-electron chi connectivity index (χ0n) is 39.5. The topological polar surface area (TPSA) is 78.9 Å². The van der Waals surface area contributed by atoms with Crippen molar-refractivity contribution in [3.63, 3.8) is 0 Å². The van der Waals surface area contributed by atoms with Gasteiger partial charge in [-0.05, 0) is 44.9 Å². The van der Waals surface area contributed by atoms with Crippen molar-refractivity contribution in [2.75, 3.05) is 13.2 Å². The second-order valence-electron chi connectivity index (χ2n) is 17.4. The summed E-state index contributed by atoms with van der Waals surface area (Å²) in [6.45, 7) is 6.61. The number of carbonyl (C=O) groups excluding carboxylic acids is 3. The first-order chi connectivity index (χ1) is 29.0. The van der Waals surface area contributed by atoms with Gasteiger partial charge in [-0.1, -0.05) is 238 Å². The van der Waals surface area contributed by atoms with E-state index in [0.717, 1.165) is 83.5 Å². The molecular weight excluding hydrogens is 733 g/mol. The molecule has 0 amide bonds. The number of unbranched alkanes of at least 4 members (excludes halogenated alkanes) is 32. The highest BCUT2D eigenvalue weighted by Crippen LogP contribution is 2.16. The van der Waals surface area contributed by atoms with Crippen LogP contribution in [0.4, 0.5) is 0 Å². The van der Waals surface area contributed by atoms with Gasteiger partial charge in [0.05, 0.1) is 0 Å². The first-order valence-electron chi connectivity index (χ1n) is 25.8. The normalized spacial score (nSPS) is 12.1. The molecule has 0 aromatic heterocycles. The lowest BCUT2D eigenvalue weighted by Gasteiger charge is -2.18. The van der Waals surface area contributed by atoms with Crippen LogP contribution in [0, 0.1) is 0 Å². The number of hydrogen-bond donors (Lipinski definition) is 0. The van der Waals surface area contributed by atoms with Crippen LogP contribution in [0.25, 0.3) is 0 Å². The van der Waals surface area contributed by atoms with E-state index >= 15 is 0 Å². The number of ether oxygens (including phenoxy) is 3. The van der Waals surface area contributed by atoms with E-state index in [1.165, 1.54) is 154 Å². The highest BCUT2D eigenvalue weighted by atomic mass is 16.6. The van der Waals surface area contributed by atoms with Gasteiger partial charge in [0.1, 0.15) is 13.2 Å². The van der Waals surface area contributed by atoms with E-state index in [1.54, 1.807) is 0 Å². The van der Waals surface area contributed by atoms with Crippen LogP contribution in [-0.4, -0.2) is 37.2 Å². The fourth-order valence-electron chi connectivity index (χ4n) is 7.52. The number of carbonyl (C=O) groups is 3. The van der Waals surface area contributed by atoms with Crippen molar-refractivity contribution in [2.45, 2.75) is 284 Å². The summed E-state index contributed by atoms with van der Waals surface area (Å²) in [5, 5.41) is 0. The molecule has 6 heteroatoms. The summed E-state index contributed by atoms with van der Waals surface area (Å²) >= 11 is 0. The summed E-state index contributed by atoms with van der Waals surface area (Å²) in [6.07, 6.45) is 54.4. The number of rotatable bonds is 47. The van der Waals surface area contributed by atoms with E-state index in [-0.39, 0.29) is 31.1 Å². The maximum Gasteiger partial charge on any atom is 0.306 e.